The van der Waals surface area contributed by atoms with Gasteiger partial charge in [0, 0.05) is 17.6 Å². The summed E-state index contributed by atoms with van der Waals surface area (Å²) >= 11 is 4.57. The lowest BCUT2D eigenvalue weighted by molar-refractivity contribution is -0.127. The molecule has 3 rings (SSSR count). The number of carbonyl (C=O) groups excluding carboxylic acids is 1. The topological polar surface area (TPSA) is 58.1 Å². The molecular formula is C19H22N4OS3. The Morgan fingerprint density at radius 2 is 1.96 bits per heavy atom. The van der Waals surface area contributed by atoms with Crippen LogP contribution in [0.5, 0.6) is 0 Å². The molecule has 8 heteroatoms. The van der Waals surface area contributed by atoms with Gasteiger partial charge in [0.05, 0.1) is 12.3 Å². The third-order valence-corrected chi connectivity index (χ3v) is 7.22. The Bertz CT molecular complexity index is 935. The molecule has 5 nitrogen and oxygen atoms in total. The largest absolute Gasteiger partial charge is 0.340 e. The smallest absolute Gasteiger partial charge is 0.233 e. The minimum absolute atomic E-state index is 0.0895. The highest BCUT2D eigenvalue weighted by Crippen LogP contribution is 2.28. The van der Waals surface area contributed by atoms with Gasteiger partial charge >= 0.3 is 0 Å². The number of rotatable bonds is 7. The van der Waals surface area contributed by atoms with Crippen LogP contribution >= 0.6 is 34.4 Å². The predicted molar refractivity (Wildman–Crippen MR) is 115 cm³/mol. The van der Waals surface area contributed by atoms with Crippen molar-refractivity contribution < 1.29 is 4.79 Å². The van der Waals surface area contributed by atoms with E-state index in [2.05, 4.69) is 59.9 Å². The van der Waals surface area contributed by atoms with Gasteiger partial charge in [0.2, 0.25) is 11.0 Å². The van der Waals surface area contributed by atoms with Crippen molar-refractivity contribution in [2.45, 2.75) is 31.7 Å². The lowest BCUT2D eigenvalue weighted by atomic mass is 10.1. The molecule has 2 heterocycles. The number of thiophene rings is 1. The van der Waals surface area contributed by atoms with Gasteiger partial charge in [-0.25, -0.2) is 0 Å². The van der Waals surface area contributed by atoms with Gasteiger partial charge < -0.3 is 10.2 Å². The van der Waals surface area contributed by atoms with Crippen molar-refractivity contribution in [2.75, 3.05) is 18.1 Å². The molecule has 0 aliphatic carbocycles. The minimum atomic E-state index is 0.0895. The summed E-state index contributed by atoms with van der Waals surface area (Å²) in [4.78, 5) is 15.4. The molecule has 0 fully saturated rings. The van der Waals surface area contributed by atoms with Crippen molar-refractivity contribution in [1.82, 2.24) is 15.1 Å². The Morgan fingerprint density at radius 1 is 1.15 bits per heavy atom. The van der Waals surface area contributed by atoms with E-state index in [1.807, 2.05) is 13.1 Å². The van der Waals surface area contributed by atoms with Crippen LogP contribution in [-0.2, 0) is 11.3 Å². The molecule has 0 unspecified atom stereocenters. The molecular weight excluding hydrogens is 396 g/mol. The summed E-state index contributed by atoms with van der Waals surface area (Å²) in [6, 6.07) is 8.28. The van der Waals surface area contributed by atoms with Crippen LogP contribution in [0.2, 0.25) is 0 Å². The highest BCUT2D eigenvalue weighted by Gasteiger charge is 2.14. The van der Waals surface area contributed by atoms with Crippen LogP contribution < -0.4 is 5.32 Å². The second kappa shape index (κ2) is 8.86. The number of aryl methyl sites for hydroxylation is 3. The van der Waals surface area contributed by atoms with Crippen LogP contribution in [-0.4, -0.2) is 33.8 Å². The molecule has 0 bridgehead atoms. The Labute approximate surface area is 171 Å². The molecule has 0 aliphatic rings. The fraction of sp³-hybridized carbons (Fsp3) is 0.316. The SMILES string of the molecule is Cc1ccc(Nc2nnc(SCC(=O)N(C)Cc3sccc3C)s2)cc1C. The molecule has 3 aromatic rings. The van der Waals surface area contributed by atoms with Gasteiger partial charge in [0.1, 0.15) is 0 Å². The number of nitrogens with zero attached hydrogens (tertiary/aromatic N) is 3. The average molecular weight is 419 g/mol. The number of nitrogens with one attached hydrogen (secondary N) is 1. The summed E-state index contributed by atoms with van der Waals surface area (Å²) in [5, 5.41) is 14.4. The molecule has 0 radical (unpaired) electrons. The molecule has 2 aromatic heterocycles. The third-order valence-electron chi connectivity index (χ3n) is 4.26. The highest BCUT2D eigenvalue weighted by atomic mass is 32.2. The fourth-order valence-electron chi connectivity index (χ4n) is 2.36. The highest BCUT2D eigenvalue weighted by molar-refractivity contribution is 8.01. The normalized spacial score (nSPS) is 10.8. The van der Waals surface area contributed by atoms with Gasteiger partial charge in [0.25, 0.3) is 0 Å². The predicted octanol–water partition coefficient (Wildman–Crippen LogP) is 5.02. The van der Waals surface area contributed by atoms with Crippen LogP contribution in [0.1, 0.15) is 21.6 Å². The van der Waals surface area contributed by atoms with E-state index in [-0.39, 0.29) is 5.91 Å². The molecule has 1 N–H and O–H groups in total. The van der Waals surface area contributed by atoms with Crippen LogP contribution in [0.4, 0.5) is 10.8 Å². The number of thioether (sulfide) groups is 1. The lowest BCUT2D eigenvalue weighted by Gasteiger charge is -2.16. The molecule has 0 spiro atoms. The summed E-state index contributed by atoms with van der Waals surface area (Å²) in [5.74, 6) is 0.450. The first-order valence-electron chi connectivity index (χ1n) is 8.50. The first kappa shape index (κ1) is 19.9. The molecule has 1 amide bonds. The average Bonchev–Trinajstić information content (AvgIpc) is 3.25. The summed E-state index contributed by atoms with van der Waals surface area (Å²) in [7, 11) is 1.84. The first-order chi connectivity index (χ1) is 12.9. The summed E-state index contributed by atoms with van der Waals surface area (Å²) in [6.07, 6.45) is 0. The number of aromatic nitrogens is 2. The van der Waals surface area contributed by atoms with Crippen molar-refractivity contribution in [3.8, 4) is 0 Å². The van der Waals surface area contributed by atoms with Gasteiger partial charge in [-0.3, -0.25) is 4.79 Å². The first-order valence-corrected chi connectivity index (χ1v) is 11.2. The zero-order chi connectivity index (χ0) is 19.4. The van der Waals surface area contributed by atoms with Gasteiger partial charge in [-0.15, -0.1) is 21.5 Å². The van der Waals surface area contributed by atoms with Crippen LogP contribution in [0.25, 0.3) is 0 Å². The molecule has 0 aliphatic heterocycles. The number of amides is 1. The molecule has 1 aromatic carbocycles. The van der Waals surface area contributed by atoms with Crippen molar-refractivity contribution in [1.29, 1.82) is 0 Å². The minimum Gasteiger partial charge on any atom is -0.340 e. The molecule has 142 valence electrons. The molecule has 0 atom stereocenters. The number of benzene rings is 1. The van der Waals surface area contributed by atoms with E-state index < -0.39 is 0 Å². The van der Waals surface area contributed by atoms with E-state index >= 15 is 0 Å². The Morgan fingerprint density at radius 3 is 2.67 bits per heavy atom. The van der Waals surface area contributed by atoms with Crippen LogP contribution in [0.15, 0.2) is 34.0 Å². The Hall–Kier alpha value is -1.90. The van der Waals surface area contributed by atoms with Crippen molar-refractivity contribution >= 4 is 51.2 Å². The third kappa shape index (κ3) is 5.31. The van der Waals surface area contributed by atoms with Crippen molar-refractivity contribution in [3.63, 3.8) is 0 Å². The fourth-order valence-corrected chi connectivity index (χ4v) is 5.04. The van der Waals surface area contributed by atoms with E-state index in [0.717, 1.165) is 15.2 Å². The molecule has 0 saturated heterocycles. The monoisotopic (exact) mass is 418 g/mol. The maximum absolute atomic E-state index is 12.4. The summed E-state index contributed by atoms with van der Waals surface area (Å²) in [6.45, 7) is 6.90. The zero-order valence-corrected chi connectivity index (χ0v) is 18.2. The van der Waals surface area contributed by atoms with Gasteiger partial charge in [0.15, 0.2) is 4.34 Å². The second-order valence-electron chi connectivity index (χ2n) is 6.36. The Balaban J connectivity index is 1.52. The zero-order valence-electron chi connectivity index (χ0n) is 15.8. The molecule has 0 saturated carbocycles. The number of carbonyl (C=O) groups is 1. The summed E-state index contributed by atoms with van der Waals surface area (Å²) < 4.78 is 0.787. The van der Waals surface area contributed by atoms with Gasteiger partial charge in [-0.2, -0.15) is 0 Å². The lowest BCUT2D eigenvalue weighted by Crippen LogP contribution is -2.27. The number of hydrogen-bond donors (Lipinski definition) is 1. The van der Waals surface area contributed by atoms with E-state index in [0.29, 0.717) is 12.3 Å². The molecule has 27 heavy (non-hydrogen) atoms. The van der Waals surface area contributed by atoms with Crippen LogP contribution in [0.3, 0.4) is 0 Å². The maximum atomic E-state index is 12.4. The standard InChI is InChI=1S/C19H22N4OS3/c1-12-5-6-15(9-14(12)3)20-18-21-22-19(27-18)26-11-17(24)23(4)10-16-13(2)7-8-25-16/h5-9H,10-11H2,1-4H3,(H,20,21). The van der Waals surface area contributed by atoms with E-state index in [1.54, 1.807) is 16.2 Å². The maximum Gasteiger partial charge on any atom is 0.233 e. The second-order valence-corrected chi connectivity index (χ2v) is 9.56. The van der Waals surface area contributed by atoms with E-state index in [1.165, 1.54) is 44.7 Å². The van der Waals surface area contributed by atoms with Crippen LogP contribution in [0, 0.1) is 20.8 Å². The van der Waals surface area contributed by atoms with E-state index in [9.17, 15) is 4.79 Å². The van der Waals surface area contributed by atoms with Gasteiger partial charge in [-0.1, -0.05) is 29.2 Å². The van der Waals surface area contributed by atoms with Gasteiger partial charge in [-0.05, 0) is 61.0 Å². The van der Waals surface area contributed by atoms with Crippen molar-refractivity contribution in [3.05, 3.63) is 51.2 Å². The summed E-state index contributed by atoms with van der Waals surface area (Å²) in [5.41, 5.74) is 4.72. The Kier molecular flexibility index (Phi) is 6.51. The van der Waals surface area contributed by atoms with E-state index in [4.69, 9.17) is 0 Å². The van der Waals surface area contributed by atoms with Crippen molar-refractivity contribution in [2.24, 2.45) is 0 Å². The number of anilines is 2. The number of hydrogen-bond acceptors (Lipinski definition) is 7. The quantitative estimate of drug-likeness (QED) is 0.546.